The molecule has 0 unspecified atom stereocenters. The fourth-order valence-electron chi connectivity index (χ4n) is 1.92. The highest BCUT2D eigenvalue weighted by molar-refractivity contribution is 5.17. The zero-order valence-electron chi connectivity index (χ0n) is 11.7. The Labute approximate surface area is 118 Å². The highest BCUT2D eigenvalue weighted by Gasteiger charge is 2.07. The van der Waals surface area contributed by atoms with Crippen molar-refractivity contribution in [2.45, 2.75) is 33.1 Å². The minimum absolute atomic E-state index is 0.239. The van der Waals surface area contributed by atoms with Gasteiger partial charge < -0.3 is 14.5 Å². The van der Waals surface area contributed by atoms with Gasteiger partial charge in [0, 0.05) is 17.7 Å². The molecule has 1 aromatic heterocycles. The van der Waals surface area contributed by atoms with E-state index in [9.17, 15) is 4.39 Å². The smallest absolute Gasteiger partial charge is 0.133 e. The topological polar surface area (TPSA) is 34.4 Å². The summed E-state index contributed by atoms with van der Waals surface area (Å²) in [5, 5.41) is 3.32. The van der Waals surface area contributed by atoms with Crippen LogP contribution in [0.25, 0.3) is 0 Å². The molecule has 0 amide bonds. The van der Waals surface area contributed by atoms with Crippen molar-refractivity contribution in [3.8, 4) is 0 Å². The molecule has 2 aromatic rings. The minimum Gasteiger partial charge on any atom is -0.467 e. The predicted molar refractivity (Wildman–Crippen MR) is 75.6 cm³/mol. The van der Waals surface area contributed by atoms with Gasteiger partial charge in [0.2, 0.25) is 0 Å². The molecular formula is C16H20FNO2. The summed E-state index contributed by atoms with van der Waals surface area (Å²) < 4.78 is 24.4. The molecule has 0 aliphatic carbocycles. The molecule has 1 aromatic carbocycles. The van der Waals surface area contributed by atoms with Crippen LogP contribution in [0.5, 0.6) is 0 Å². The molecule has 2 rings (SSSR count). The van der Waals surface area contributed by atoms with Crippen molar-refractivity contribution in [2.75, 3.05) is 6.54 Å². The largest absolute Gasteiger partial charge is 0.467 e. The maximum atomic E-state index is 13.4. The first-order valence-corrected chi connectivity index (χ1v) is 6.88. The molecule has 4 heteroatoms. The molecule has 1 N–H and O–H groups in total. The van der Waals surface area contributed by atoms with E-state index in [1.165, 1.54) is 6.07 Å². The van der Waals surface area contributed by atoms with E-state index in [4.69, 9.17) is 9.15 Å². The van der Waals surface area contributed by atoms with Gasteiger partial charge in [-0.15, -0.1) is 0 Å². The molecule has 0 atom stereocenters. The standard InChI is InChI=1S/C16H20FNO2/c1-2-8-18-10-13-7-9-20-16(13)12-19-11-14-5-3-4-6-15(14)17/h3-7,9,18H,2,8,10-12H2,1H3. The number of hydrogen-bond donors (Lipinski definition) is 1. The van der Waals surface area contributed by atoms with Gasteiger partial charge in [-0.05, 0) is 25.1 Å². The number of hydrogen-bond acceptors (Lipinski definition) is 3. The fraction of sp³-hybridized carbons (Fsp3) is 0.375. The van der Waals surface area contributed by atoms with Crippen LogP contribution in [-0.2, 0) is 24.5 Å². The molecule has 0 aliphatic rings. The second-order valence-corrected chi connectivity index (χ2v) is 4.63. The van der Waals surface area contributed by atoms with Gasteiger partial charge in [0.1, 0.15) is 18.2 Å². The highest BCUT2D eigenvalue weighted by atomic mass is 19.1. The van der Waals surface area contributed by atoms with Crippen LogP contribution in [0.3, 0.4) is 0 Å². The second-order valence-electron chi connectivity index (χ2n) is 4.63. The van der Waals surface area contributed by atoms with Gasteiger partial charge in [-0.2, -0.15) is 0 Å². The number of halogens is 1. The van der Waals surface area contributed by atoms with Crippen LogP contribution >= 0.6 is 0 Å². The van der Waals surface area contributed by atoms with Crippen LogP contribution < -0.4 is 5.32 Å². The first-order valence-electron chi connectivity index (χ1n) is 6.88. The number of rotatable bonds is 8. The van der Waals surface area contributed by atoms with Crippen molar-refractivity contribution in [1.82, 2.24) is 5.32 Å². The lowest BCUT2D eigenvalue weighted by molar-refractivity contribution is 0.0901. The molecule has 0 aliphatic heterocycles. The Morgan fingerprint density at radius 1 is 1.15 bits per heavy atom. The normalized spacial score (nSPS) is 10.9. The van der Waals surface area contributed by atoms with Crippen molar-refractivity contribution in [3.05, 3.63) is 59.3 Å². The Bertz CT molecular complexity index is 525. The van der Waals surface area contributed by atoms with Gasteiger partial charge >= 0.3 is 0 Å². The predicted octanol–water partition coefficient (Wildman–Crippen LogP) is 3.64. The first kappa shape index (κ1) is 14.8. The third-order valence-electron chi connectivity index (χ3n) is 3.03. The van der Waals surface area contributed by atoms with Gasteiger partial charge in [0.15, 0.2) is 0 Å². The number of furan rings is 1. The van der Waals surface area contributed by atoms with Gasteiger partial charge in [-0.1, -0.05) is 25.1 Å². The quantitative estimate of drug-likeness (QED) is 0.748. The van der Waals surface area contributed by atoms with E-state index >= 15 is 0 Å². The lowest BCUT2D eigenvalue weighted by Crippen LogP contribution is -2.14. The summed E-state index contributed by atoms with van der Waals surface area (Å²) in [6.07, 6.45) is 2.75. The van der Waals surface area contributed by atoms with Crippen molar-refractivity contribution >= 4 is 0 Å². The summed E-state index contributed by atoms with van der Waals surface area (Å²) in [6, 6.07) is 8.56. The second kappa shape index (κ2) is 7.82. The summed E-state index contributed by atoms with van der Waals surface area (Å²) in [4.78, 5) is 0. The molecule has 3 nitrogen and oxygen atoms in total. The first-order chi connectivity index (χ1) is 9.81. The van der Waals surface area contributed by atoms with Gasteiger partial charge in [-0.3, -0.25) is 0 Å². The molecule has 0 saturated heterocycles. The zero-order chi connectivity index (χ0) is 14.2. The lowest BCUT2D eigenvalue weighted by atomic mass is 10.2. The van der Waals surface area contributed by atoms with E-state index in [1.807, 2.05) is 6.07 Å². The van der Waals surface area contributed by atoms with Crippen LogP contribution in [0.1, 0.15) is 30.2 Å². The molecule has 20 heavy (non-hydrogen) atoms. The maximum Gasteiger partial charge on any atom is 0.133 e. The van der Waals surface area contributed by atoms with E-state index in [0.717, 1.165) is 30.8 Å². The molecule has 1 heterocycles. The Hall–Kier alpha value is -1.65. The summed E-state index contributed by atoms with van der Waals surface area (Å²) in [5.41, 5.74) is 1.65. The van der Waals surface area contributed by atoms with E-state index < -0.39 is 0 Å². The van der Waals surface area contributed by atoms with Crippen molar-refractivity contribution in [3.63, 3.8) is 0 Å². The minimum atomic E-state index is -0.239. The number of ether oxygens (including phenoxy) is 1. The molecule has 0 saturated carbocycles. The lowest BCUT2D eigenvalue weighted by Gasteiger charge is -2.06. The van der Waals surface area contributed by atoms with Crippen LogP contribution in [-0.4, -0.2) is 6.54 Å². The van der Waals surface area contributed by atoms with E-state index in [-0.39, 0.29) is 12.4 Å². The van der Waals surface area contributed by atoms with E-state index in [0.29, 0.717) is 12.2 Å². The summed E-state index contributed by atoms with van der Waals surface area (Å²) in [6.45, 7) is 4.46. The van der Waals surface area contributed by atoms with Crippen molar-refractivity contribution in [2.24, 2.45) is 0 Å². The third kappa shape index (κ3) is 4.18. The Balaban J connectivity index is 1.82. The van der Waals surface area contributed by atoms with Crippen LogP contribution in [0, 0.1) is 5.82 Å². The summed E-state index contributed by atoms with van der Waals surface area (Å²) in [7, 11) is 0. The zero-order valence-corrected chi connectivity index (χ0v) is 11.7. The molecule has 108 valence electrons. The van der Waals surface area contributed by atoms with Gasteiger partial charge in [0.25, 0.3) is 0 Å². The van der Waals surface area contributed by atoms with Gasteiger partial charge in [0.05, 0.1) is 12.9 Å². The molecule has 0 bridgehead atoms. The molecule has 0 fully saturated rings. The summed E-state index contributed by atoms with van der Waals surface area (Å²) in [5.74, 6) is 0.557. The third-order valence-corrected chi connectivity index (χ3v) is 3.03. The Kier molecular flexibility index (Phi) is 5.77. The molecular weight excluding hydrogens is 257 g/mol. The van der Waals surface area contributed by atoms with Crippen LogP contribution in [0.2, 0.25) is 0 Å². The fourth-order valence-corrected chi connectivity index (χ4v) is 1.92. The SMILES string of the molecule is CCCNCc1ccoc1COCc1ccccc1F. The van der Waals surface area contributed by atoms with E-state index in [2.05, 4.69) is 12.2 Å². The number of nitrogens with one attached hydrogen (secondary N) is 1. The number of benzene rings is 1. The highest BCUT2D eigenvalue weighted by Crippen LogP contribution is 2.14. The average Bonchev–Trinajstić information content (AvgIpc) is 2.89. The monoisotopic (exact) mass is 277 g/mol. The van der Waals surface area contributed by atoms with E-state index in [1.54, 1.807) is 24.5 Å². The summed E-state index contributed by atoms with van der Waals surface area (Å²) >= 11 is 0. The Morgan fingerprint density at radius 3 is 2.80 bits per heavy atom. The maximum absolute atomic E-state index is 13.4. The molecule has 0 radical (unpaired) electrons. The van der Waals surface area contributed by atoms with Crippen LogP contribution in [0.15, 0.2) is 41.0 Å². The van der Waals surface area contributed by atoms with Crippen molar-refractivity contribution in [1.29, 1.82) is 0 Å². The Morgan fingerprint density at radius 2 is 2.00 bits per heavy atom. The van der Waals surface area contributed by atoms with Crippen molar-refractivity contribution < 1.29 is 13.5 Å². The average molecular weight is 277 g/mol. The van der Waals surface area contributed by atoms with Gasteiger partial charge in [-0.25, -0.2) is 4.39 Å². The molecule has 0 spiro atoms. The van der Waals surface area contributed by atoms with Crippen LogP contribution in [0.4, 0.5) is 4.39 Å².